The normalized spacial score (nSPS) is 14.3. The highest BCUT2D eigenvalue weighted by Gasteiger charge is 2.34. The number of rotatable bonds is 8. The van der Waals surface area contributed by atoms with Gasteiger partial charge in [0.15, 0.2) is 11.5 Å². The van der Waals surface area contributed by atoms with Crippen molar-refractivity contribution in [3.8, 4) is 11.5 Å². The number of non-ortho nitro benzene ring substituents is 1. The van der Waals surface area contributed by atoms with Crippen LogP contribution >= 0.6 is 0 Å². The highest BCUT2D eigenvalue weighted by Crippen LogP contribution is 2.31. The van der Waals surface area contributed by atoms with Gasteiger partial charge in [-0.3, -0.25) is 25.1 Å². The number of nitrogens with zero attached hydrogens (tertiary/aromatic N) is 2. The molecule has 9 nitrogen and oxygen atoms in total. The molecule has 0 bridgehead atoms. The topological polar surface area (TPSA) is 111 Å². The number of nitrogens with one attached hydrogen (secondary N) is 1. The number of carbonyl (C=O) groups excluding carboxylic acids is 2. The van der Waals surface area contributed by atoms with E-state index in [2.05, 4.69) is 5.43 Å². The molecule has 34 heavy (non-hydrogen) atoms. The fourth-order valence-corrected chi connectivity index (χ4v) is 3.41. The van der Waals surface area contributed by atoms with Crippen LogP contribution in [0, 0.1) is 10.1 Å². The summed E-state index contributed by atoms with van der Waals surface area (Å²) in [6.45, 7) is 2.30. The number of hydrogen-bond acceptors (Lipinski definition) is 6. The molecule has 0 radical (unpaired) electrons. The van der Waals surface area contributed by atoms with Crippen LogP contribution in [-0.4, -0.2) is 23.3 Å². The fourth-order valence-electron chi connectivity index (χ4n) is 3.41. The molecule has 0 aliphatic carbocycles. The van der Waals surface area contributed by atoms with Gasteiger partial charge in [0.25, 0.3) is 17.5 Å². The minimum Gasteiger partial charge on any atom is -0.490 e. The maximum atomic E-state index is 12.8. The smallest absolute Gasteiger partial charge is 0.282 e. The first-order valence-electron chi connectivity index (χ1n) is 10.5. The van der Waals surface area contributed by atoms with Gasteiger partial charge in [-0.05, 0) is 48.4 Å². The number of nitro benzene ring substituents is 1. The number of nitro groups is 1. The van der Waals surface area contributed by atoms with E-state index in [0.717, 1.165) is 0 Å². The Morgan fingerprint density at radius 2 is 1.76 bits per heavy atom. The van der Waals surface area contributed by atoms with Crippen molar-refractivity contribution in [3.05, 3.63) is 99.6 Å². The van der Waals surface area contributed by atoms with Crippen LogP contribution in [0.2, 0.25) is 0 Å². The van der Waals surface area contributed by atoms with Gasteiger partial charge in [0, 0.05) is 12.1 Å². The van der Waals surface area contributed by atoms with E-state index in [0.29, 0.717) is 34.9 Å². The Bertz CT molecular complexity index is 1270. The largest absolute Gasteiger partial charge is 0.490 e. The summed E-state index contributed by atoms with van der Waals surface area (Å²) in [4.78, 5) is 35.8. The molecule has 172 valence electrons. The van der Waals surface area contributed by atoms with Gasteiger partial charge >= 0.3 is 0 Å². The highest BCUT2D eigenvalue weighted by molar-refractivity contribution is 6.31. The van der Waals surface area contributed by atoms with Gasteiger partial charge in [0.1, 0.15) is 12.2 Å². The van der Waals surface area contributed by atoms with Crippen molar-refractivity contribution >= 4 is 29.3 Å². The zero-order chi connectivity index (χ0) is 24.1. The molecule has 1 N–H and O–H groups in total. The standard InChI is InChI=1S/C25H21N3O6/c1-2-33-23-15-17(11-12-22(23)34-16-18-7-6-10-20(13-18)28(31)32)14-21-24(29)26-27(25(21)30)19-8-4-3-5-9-19/h3-15H,2,16H2,1H3,(H,26,29)/b21-14+. The summed E-state index contributed by atoms with van der Waals surface area (Å²) < 4.78 is 11.5. The lowest BCUT2D eigenvalue weighted by atomic mass is 10.1. The Kier molecular flexibility index (Phi) is 6.54. The molecule has 0 aromatic heterocycles. The zero-order valence-corrected chi connectivity index (χ0v) is 18.3. The molecule has 1 saturated heterocycles. The third-order valence-electron chi connectivity index (χ3n) is 5.00. The molecule has 3 aromatic carbocycles. The molecule has 1 heterocycles. The van der Waals surface area contributed by atoms with E-state index in [4.69, 9.17) is 9.47 Å². The second kappa shape index (κ2) is 9.86. The van der Waals surface area contributed by atoms with Gasteiger partial charge in [0.05, 0.1) is 17.2 Å². The maximum absolute atomic E-state index is 12.8. The van der Waals surface area contributed by atoms with E-state index in [1.807, 2.05) is 13.0 Å². The van der Waals surface area contributed by atoms with E-state index in [1.165, 1.54) is 23.2 Å². The second-order valence-corrected chi connectivity index (χ2v) is 7.33. The third kappa shape index (κ3) is 4.88. The lowest BCUT2D eigenvalue weighted by molar-refractivity contribution is -0.384. The molecular weight excluding hydrogens is 438 g/mol. The van der Waals surface area contributed by atoms with Crippen LogP contribution in [0.25, 0.3) is 6.08 Å². The van der Waals surface area contributed by atoms with Gasteiger partial charge < -0.3 is 9.47 Å². The Labute approximate surface area is 195 Å². The zero-order valence-electron chi connectivity index (χ0n) is 18.3. The number of amides is 2. The minimum absolute atomic E-state index is 0.00318. The minimum atomic E-state index is -0.502. The number of ether oxygens (including phenoxy) is 2. The molecule has 0 atom stereocenters. The van der Waals surface area contributed by atoms with Crippen molar-refractivity contribution in [2.24, 2.45) is 0 Å². The SMILES string of the molecule is CCOc1cc(/C=C2\C(=O)NN(c3ccccc3)C2=O)ccc1OCc1cccc([N+](=O)[O-])c1. The monoisotopic (exact) mass is 459 g/mol. The molecule has 9 heteroatoms. The van der Waals surface area contributed by atoms with Gasteiger partial charge in [0.2, 0.25) is 0 Å². The van der Waals surface area contributed by atoms with Crippen LogP contribution in [0.1, 0.15) is 18.1 Å². The number of carbonyl (C=O) groups is 2. The lowest BCUT2D eigenvalue weighted by Gasteiger charge is -2.14. The van der Waals surface area contributed by atoms with Crippen LogP contribution in [0.5, 0.6) is 11.5 Å². The number of hydrogen-bond donors (Lipinski definition) is 1. The van der Waals surface area contributed by atoms with Gasteiger partial charge in [-0.25, -0.2) is 5.01 Å². The van der Waals surface area contributed by atoms with E-state index < -0.39 is 16.7 Å². The summed E-state index contributed by atoms with van der Waals surface area (Å²) in [7, 11) is 0. The van der Waals surface area contributed by atoms with Crippen LogP contribution in [0.4, 0.5) is 11.4 Å². The summed E-state index contributed by atoms with van der Waals surface area (Å²) in [6, 6.07) is 20.0. The van der Waals surface area contributed by atoms with Crippen molar-refractivity contribution in [3.63, 3.8) is 0 Å². The summed E-state index contributed by atoms with van der Waals surface area (Å²) in [5.41, 5.74) is 4.32. The Hall–Kier alpha value is -4.66. The predicted molar refractivity (Wildman–Crippen MR) is 125 cm³/mol. The van der Waals surface area contributed by atoms with E-state index in [-0.39, 0.29) is 17.9 Å². The van der Waals surface area contributed by atoms with E-state index >= 15 is 0 Å². The first kappa shape index (κ1) is 22.5. The van der Waals surface area contributed by atoms with Crippen LogP contribution < -0.4 is 19.9 Å². The molecule has 4 rings (SSSR count). The molecule has 2 amide bonds. The number of hydrazine groups is 1. The van der Waals surface area contributed by atoms with E-state index in [1.54, 1.807) is 54.6 Å². The average molecular weight is 459 g/mol. The summed E-state index contributed by atoms with van der Waals surface area (Å²) in [6.07, 6.45) is 1.49. The first-order chi connectivity index (χ1) is 16.5. The van der Waals surface area contributed by atoms with Gasteiger partial charge in [-0.1, -0.05) is 36.4 Å². The summed E-state index contributed by atoms with van der Waals surface area (Å²) >= 11 is 0. The molecular formula is C25H21N3O6. The lowest BCUT2D eigenvalue weighted by Crippen LogP contribution is -2.35. The van der Waals surface area contributed by atoms with E-state index in [9.17, 15) is 19.7 Å². The van der Waals surface area contributed by atoms with Crippen LogP contribution in [0.15, 0.2) is 78.4 Å². The van der Waals surface area contributed by atoms with Gasteiger partial charge in [-0.2, -0.15) is 0 Å². The van der Waals surface area contributed by atoms with Crippen molar-refractivity contribution in [2.75, 3.05) is 11.6 Å². The van der Waals surface area contributed by atoms with Crippen molar-refractivity contribution in [1.29, 1.82) is 0 Å². The molecule has 0 unspecified atom stereocenters. The number of anilines is 1. The Balaban J connectivity index is 1.55. The molecule has 1 aliphatic heterocycles. The Morgan fingerprint density at radius 3 is 2.50 bits per heavy atom. The maximum Gasteiger partial charge on any atom is 0.282 e. The first-order valence-corrected chi connectivity index (χ1v) is 10.5. The number of para-hydroxylation sites is 1. The predicted octanol–water partition coefficient (Wildman–Crippen LogP) is 4.03. The average Bonchev–Trinajstić information content (AvgIpc) is 3.13. The third-order valence-corrected chi connectivity index (χ3v) is 5.00. The highest BCUT2D eigenvalue weighted by atomic mass is 16.6. The quantitative estimate of drug-likeness (QED) is 0.236. The number of benzene rings is 3. The van der Waals surface area contributed by atoms with Crippen molar-refractivity contribution in [2.45, 2.75) is 13.5 Å². The molecule has 0 spiro atoms. The Morgan fingerprint density at radius 1 is 0.971 bits per heavy atom. The van der Waals surface area contributed by atoms with Crippen molar-refractivity contribution < 1.29 is 24.0 Å². The van der Waals surface area contributed by atoms with Gasteiger partial charge in [-0.15, -0.1) is 0 Å². The molecule has 3 aromatic rings. The van der Waals surface area contributed by atoms with Crippen molar-refractivity contribution in [1.82, 2.24) is 5.43 Å². The molecule has 1 fully saturated rings. The fraction of sp³-hybridized carbons (Fsp3) is 0.120. The van der Waals surface area contributed by atoms with Crippen LogP contribution in [-0.2, 0) is 16.2 Å². The summed E-state index contributed by atoms with van der Waals surface area (Å²) in [5.74, 6) is -0.102. The summed E-state index contributed by atoms with van der Waals surface area (Å²) in [5, 5.41) is 12.2. The molecule has 1 aliphatic rings. The molecule has 0 saturated carbocycles. The second-order valence-electron chi connectivity index (χ2n) is 7.33. The van der Waals surface area contributed by atoms with Crippen LogP contribution in [0.3, 0.4) is 0 Å².